The summed E-state index contributed by atoms with van der Waals surface area (Å²) in [5.74, 6) is 0.457. The Labute approximate surface area is 104 Å². The Bertz CT molecular complexity index is 673. The number of allylic oxidation sites excluding steroid dienone is 1. The smallest absolute Gasteiger partial charge is 0.101 e. The number of rotatable bonds is 0. The van der Waals surface area contributed by atoms with E-state index in [1.165, 1.54) is 15.8 Å². The maximum Gasteiger partial charge on any atom is 0.101 e. The summed E-state index contributed by atoms with van der Waals surface area (Å²) < 4.78 is 1.10. The molecule has 0 saturated carbocycles. The van der Waals surface area contributed by atoms with Gasteiger partial charge in [0.05, 0.1) is 10.3 Å². The van der Waals surface area contributed by atoms with E-state index in [4.69, 9.17) is 11.0 Å². The Balaban J connectivity index is 2.40. The van der Waals surface area contributed by atoms with Crippen molar-refractivity contribution in [3.8, 4) is 6.07 Å². The quantitative estimate of drug-likeness (QED) is 0.765. The second-order valence-electron chi connectivity index (χ2n) is 4.50. The fourth-order valence-corrected chi connectivity index (χ4v) is 3.75. The molecule has 0 spiro atoms. The summed E-state index contributed by atoms with van der Waals surface area (Å²) in [6.07, 6.45) is 2.98. The minimum atomic E-state index is 0.457. The fourth-order valence-electron chi connectivity index (χ4n) is 2.45. The van der Waals surface area contributed by atoms with Crippen LogP contribution in [0.25, 0.3) is 16.2 Å². The van der Waals surface area contributed by atoms with Crippen LogP contribution in [-0.2, 0) is 0 Å². The molecule has 0 radical (unpaired) electrons. The van der Waals surface area contributed by atoms with Crippen LogP contribution in [-0.4, -0.2) is 0 Å². The first-order valence-electron chi connectivity index (χ1n) is 5.62. The average Bonchev–Trinajstić information content (AvgIpc) is 2.68. The van der Waals surface area contributed by atoms with Gasteiger partial charge in [-0.15, -0.1) is 11.3 Å². The van der Waals surface area contributed by atoms with Crippen LogP contribution < -0.4 is 5.73 Å². The van der Waals surface area contributed by atoms with Crippen molar-refractivity contribution in [3.63, 3.8) is 0 Å². The first-order chi connectivity index (χ1) is 8.20. The molecule has 2 N–H and O–H groups in total. The number of nitriles is 1. The van der Waals surface area contributed by atoms with Crippen LogP contribution in [0.1, 0.15) is 35.3 Å². The van der Waals surface area contributed by atoms with Gasteiger partial charge < -0.3 is 5.73 Å². The van der Waals surface area contributed by atoms with Crippen molar-refractivity contribution in [2.75, 3.05) is 0 Å². The van der Waals surface area contributed by atoms with E-state index in [0.717, 1.165) is 22.4 Å². The minimum absolute atomic E-state index is 0.457. The van der Waals surface area contributed by atoms with Gasteiger partial charge in [0, 0.05) is 16.0 Å². The molecular formula is C14H12N2S. The van der Waals surface area contributed by atoms with Crippen LogP contribution in [0.3, 0.4) is 0 Å². The van der Waals surface area contributed by atoms with E-state index in [1.54, 1.807) is 11.3 Å². The summed E-state index contributed by atoms with van der Waals surface area (Å²) in [4.78, 5) is 1.36. The Morgan fingerprint density at radius 1 is 1.47 bits per heavy atom. The lowest BCUT2D eigenvalue weighted by Gasteiger charge is -2.16. The van der Waals surface area contributed by atoms with Crippen LogP contribution in [0, 0.1) is 11.3 Å². The fraction of sp³-hybridized carbons (Fsp3) is 0.214. The van der Waals surface area contributed by atoms with Crippen LogP contribution in [0.5, 0.6) is 0 Å². The summed E-state index contributed by atoms with van der Waals surface area (Å²) >= 11 is 1.74. The maximum absolute atomic E-state index is 9.13. The number of nitrogens with zero attached hydrogens (tertiary/aromatic N) is 1. The summed E-state index contributed by atoms with van der Waals surface area (Å²) in [5.41, 5.74) is 8.88. The molecule has 2 nitrogen and oxygen atoms in total. The van der Waals surface area contributed by atoms with E-state index in [9.17, 15) is 0 Å². The minimum Gasteiger partial charge on any atom is -0.402 e. The standard InChI is InChI=1S/C14H12N2S/c1-8-5-10(16)6-12-11-4-2-3-9(7-15)14(11)17-13(8)12/h2-4,6,8H,5,16H2,1H3. The van der Waals surface area contributed by atoms with Crippen molar-refractivity contribution in [2.45, 2.75) is 19.3 Å². The molecule has 3 rings (SSSR count). The van der Waals surface area contributed by atoms with E-state index < -0.39 is 0 Å². The van der Waals surface area contributed by atoms with Gasteiger partial charge >= 0.3 is 0 Å². The molecule has 0 bridgehead atoms. The lowest BCUT2D eigenvalue weighted by molar-refractivity contribution is 0.752. The zero-order chi connectivity index (χ0) is 12.0. The third-order valence-corrected chi connectivity index (χ3v) is 4.71. The number of hydrogen-bond acceptors (Lipinski definition) is 3. The monoisotopic (exact) mass is 240 g/mol. The maximum atomic E-state index is 9.13. The van der Waals surface area contributed by atoms with Gasteiger partial charge in [-0.2, -0.15) is 5.26 Å². The highest BCUT2D eigenvalue weighted by atomic mass is 32.1. The summed E-state index contributed by atoms with van der Waals surface area (Å²) in [5, 5.41) is 10.3. The van der Waals surface area contributed by atoms with E-state index in [1.807, 2.05) is 12.1 Å². The predicted octanol–water partition coefficient (Wildman–Crippen LogP) is 3.58. The Morgan fingerprint density at radius 2 is 2.29 bits per heavy atom. The zero-order valence-corrected chi connectivity index (χ0v) is 10.3. The average molecular weight is 240 g/mol. The van der Waals surface area contributed by atoms with Gasteiger partial charge in [0.2, 0.25) is 0 Å². The molecule has 0 fully saturated rings. The molecule has 1 aromatic heterocycles. The van der Waals surface area contributed by atoms with Crippen molar-refractivity contribution >= 4 is 27.5 Å². The number of thiophene rings is 1. The van der Waals surface area contributed by atoms with Gasteiger partial charge in [-0.3, -0.25) is 0 Å². The number of fused-ring (bicyclic) bond motifs is 3. The Kier molecular flexibility index (Phi) is 2.20. The van der Waals surface area contributed by atoms with Gasteiger partial charge in [-0.05, 0) is 30.0 Å². The molecule has 1 atom stereocenters. The van der Waals surface area contributed by atoms with E-state index in [0.29, 0.717) is 5.92 Å². The lowest BCUT2D eigenvalue weighted by atomic mass is 9.92. The molecule has 1 aliphatic rings. The predicted molar refractivity (Wildman–Crippen MR) is 71.7 cm³/mol. The van der Waals surface area contributed by atoms with Gasteiger partial charge in [-0.1, -0.05) is 19.1 Å². The largest absolute Gasteiger partial charge is 0.402 e. The van der Waals surface area contributed by atoms with Gasteiger partial charge in [-0.25, -0.2) is 0 Å². The lowest BCUT2D eigenvalue weighted by Crippen LogP contribution is -2.07. The molecular weight excluding hydrogens is 228 g/mol. The summed E-state index contributed by atoms with van der Waals surface area (Å²) in [6, 6.07) is 8.16. The molecule has 0 amide bonds. The SMILES string of the molecule is CC1CC(N)=Cc2c1sc1c(C#N)cccc21. The highest BCUT2D eigenvalue weighted by molar-refractivity contribution is 7.19. The van der Waals surface area contributed by atoms with Crippen molar-refractivity contribution in [1.29, 1.82) is 5.26 Å². The highest BCUT2D eigenvalue weighted by Crippen LogP contribution is 2.43. The summed E-state index contributed by atoms with van der Waals surface area (Å²) in [6.45, 7) is 2.19. The van der Waals surface area contributed by atoms with Crippen LogP contribution in [0.2, 0.25) is 0 Å². The van der Waals surface area contributed by atoms with Crippen LogP contribution in [0.15, 0.2) is 23.9 Å². The molecule has 0 aliphatic heterocycles. The number of hydrogen-bond donors (Lipinski definition) is 1. The first-order valence-corrected chi connectivity index (χ1v) is 6.44. The van der Waals surface area contributed by atoms with Gasteiger partial charge in [0.15, 0.2) is 0 Å². The number of benzene rings is 1. The first kappa shape index (κ1) is 10.4. The third kappa shape index (κ3) is 1.45. The molecule has 2 aromatic rings. The molecule has 1 aliphatic carbocycles. The Morgan fingerprint density at radius 3 is 3.06 bits per heavy atom. The second kappa shape index (κ2) is 3.61. The summed E-state index contributed by atoms with van der Waals surface area (Å²) in [7, 11) is 0. The van der Waals surface area contributed by atoms with E-state index >= 15 is 0 Å². The number of nitrogens with two attached hydrogens (primary N) is 1. The molecule has 1 heterocycles. The molecule has 17 heavy (non-hydrogen) atoms. The van der Waals surface area contributed by atoms with Crippen molar-refractivity contribution in [1.82, 2.24) is 0 Å². The Hall–Kier alpha value is -1.79. The molecule has 1 unspecified atom stereocenters. The highest BCUT2D eigenvalue weighted by Gasteiger charge is 2.21. The van der Waals surface area contributed by atoms with Gasteiger partial charge in [0.25, 0.3) is 0 Å². The van der Waals surface area contributed by atoms with Crippen molar-refractivity contribution in [3.05, 3.63) is 39.9 Å². The second-order valence-corrected chi connectivity index (χ2v) is 5.55. The third-order valence-electron chi connectivity index (χ3n) is 3.22. The van der Waals surface area contributed by atoms with E-state index in [2.05, 4.69) is 25.1 Å². The molecule has 3 heteroatoms. The molecule has 0 saturated heterocycles. The van der Waals surface area contributed by atoms with E-state index in [-0.39, 0.29) is 0 Å². The molecule has 1 aromatic carbocycles. The van der Waals surface area contributed by atoms with Crippen molar-refractivity contribution in [2.24, 2.45) is 5.73 Å². The van der Waals surface area contributed by atoms with Crippen molar-refractivity contribution < 1.29 is 0 Å². The topological polar surface area (TPSA) is 49.8 Å². The van der Waals surface area contributed by atoms with Crippen LogP contribution >= 0.6 is 11.3 Å². The van der Waals surface area contributed by atoms with Gasteiger partial charge in [0.1, 0.15) is 6.07 Å². The molecule has 84 valence electrons. The zero-order valence-electron chi connectivity index (χ0n) is 9.53. The van der Waals surface area contributed by atoms with Crippen LogP contribution in [0.4, 0.5) is 0 Å². The normalized spacial score (nSPS) is 18.6.